The van der Waals surface area contributed by atoms with Crippen LogP contribution in [0.25, 0.3) is 0 Å². The molecule has 2 aliphatic rings. The number of hydrogen-bond acceptors (Lipinski definition) is 3. The van der Waals surface area contributed by atoms with Gasteiger partial charge in [0, 0.05) is 18.5 Å². The van der Waals surface area contributed by atoms with Crippen molar-refractivity contribution in [2.24, 2.45) is 0 Å². The Morgan fingerprint density at radius 3 is 2.45 bits per heavy atom. The summed E-state index contributed by atoms with van der Waals surface area (Å²) < 4.78 is 5.68. The zero-order valence-electron chi connectivity index (χ0n) is 12.2. The first-order chi connectivity index (χ1) is 9.60. The molecule has 2 aliphatic heterocycles. The molecular weight excluding hydrogens is 252 g/mol. The van der Waals surface area contributed by atoms with Gasteiger partial charge in [-0.25, -0.2) is 4.79 Å². The Morgan fingerprint density at radius 1 is 1.20 bits per heavy atom. The van der Waals surface area contributed by atoms with Gasteiger partial charge in [0.2, 0.25) is 0 Å². The van der Waals surface area contributed by atoms with Gasteiger partial charge < -0.3 is 10.1 Å². The van der Waals surface area contributed by atoms with Gasteiger partial charge in [-0.3, -0.25) is 4.90 Å². The van der Waals surface area contributed by atoms with Crippen LogP contribution in [0.4, 0.5) is 10.5 Å². The highest BCUT2D eigenvalue weighted by atomic mass is 16.6. The Bertz CT molecular complexity index is 490. The smallest absolute Gasteiger partial charge is 0.415 e. The van der Waals surface area contributed by atoms with Gasteiger partial charge in [0.05, 0.1) is 6.54 Å². The van der Waals surface area contributed by atoms with E-state index in [9.17, 15) is 4.79 Å². The van der Waals surface area contributed by atoms with E-state index >= 15 is 0 Å². The van der Waals surface area contributed by atoms with Crippen LogP contribution < -0.4 is 10.2 Å². The average Bonchev–Trinajstić information content (AvgIpc) is 2.76. The van der Waals surface area contributed by atoms with E-state index in [0.29, 0.717) is 12.5 Å². The second kappa shape index (κ2) is 5.09. The van der Waals surface area contributed by atoms with Crippen LogP contribution in [0.5, 0.6) is 0 Å². The van der Waals surface area contributed by atoms with Crippen LogP contribution in [0.1, 0.15) is 38.2 Å². The third-order valence-corrected chi connectivity index (χ3v) is 4.36. The summed E-state index contributed by atoms with van der Waals surface area (Å²) in [6.07, 6.45) is 1.60. The first kappa shape index (κ1) is 13.4. The maximum absolute atomic E-state index is 12.2. The molecule has 20 heavy (non-hydrogen) atoms. The summed E-state index contributed by atoms with van der Waals surface area (Å²) >= 11 is 0. The lowest BCUT2D eigenvalue weighted by Gasteiger charge is -2.31. The van der Waals surface area contributed by atoms with Crippen LogP contribution >= 0.6 is 0 Å². The molecule has 108 valence electrons. The van der Waals surface area contributed by atoms with Crippen LogP contribution in [0.3, 0.4) is 0 Å². The summed E-state index contributed by atoms with van der Waals surface area (Å²) in [5.41, 5.74) is 1.95. The molecule has 4 nitrogen and oxygen atoms in total. The normalized spacial score (nSPS) is 21.6. The van der Waals surface area contributed by atoms with E-state index in [1.807, 2.05) is 12.1 Å². The predicted octanol–water partition coefficient (Wildman–Crippen LogP) is 2.89. The summed E-state index contributed by atoms with van der Waals surface area (Å²) in [6.45, 7) is 6.86. The summed E-state index contributed by atoms with van der Waals surface area (Å²) in [5.74, 6) is 0.505. The van der Waals surface area contributed by atoms with Crippen molar-refractivity contribution in [2.45, 2.75) is 38.2 Å². The molecule has 0 saturated carbocycles. The average molecular weight is 274 g/mol. The maximum Gasteiger partial charge on any atom is 0.415 e. The molecule has 2 saturated heterocycles. The van der Waals surface area contributed by atoms with Gasteiger partial charge in [-0.15, -0.1) is 0 Å². The molecule has 0 aromatic heterocycles. The van der Waals surface area contributed by atoms with Crippen molar-refractivity contribution < 1.29 is 9.53 Å². The molecule has 1 aromatic carbocycles. The largest absolute Gasteiger partial charge is 0.441 e. The SMILES string of the molecule is CC(C)c1ccc(N2CC3(CCNCC3)OC2=O)cc1. The van der Waals surface area contributed by atoms with Gasteiger partial charge in [0.15, 0.2) is 0 Å². The molecule has 1 N–H and O–H groups in total. The van der Waals surface area contributed by atoms with Crippen LogP contribution in [-0.4, -0.2) is 31.3 Å². The zero-order valence-corrected chi connectivity index (χ0v) is 12.2. The van der Waals surface area contributed by atoms with Crippen molar-refractivity contribution in [2.75, 3.05) is 24.5 Å². The van der Waals surface area contributed by atoms with E-state index < -0.39 is 0 Å². The fourth-order valence-electron chi connectivity index (χ4n) is 3.00. The van der Waals surface area contributed by atoms with Gasteiger partial charge in [0.1, 0.15) is 5.60 Å². The topological polar surface area (TPSA) is 41.6 Å². The lowest BCUT2D eigenvalue weighted by molar-refractivity contribution is 0.0316. The summed E-state index contributed by atoms with van der Waals surface area (Å²) in [4.78, 5) is 13.9. The highest BCUT2D eigenvalue weighted by Gasteiger charge is 2.46. The molecule has 0 radical (unpaired) electrons. The first-order valence-corrected chi connectivity index (χ1v) is 7.41. The van der Waals surface area contributed by atoms with Crippen LogP contribution in [0.15, 0.2) is 24.3 Å². The third kappa shape index (κ3) is 2.40. The molecule has 2 heterocycles. The number of hydrogen-bond donors (Lipinski definition) is 1. The maximum atomic E-state index is 12.2. The minimum absolute atomic E-state index is 0.204. The van der Waals surface area contributed by atoms with E-state index in [0.717, 1.165) is 31.6 Å². The molecule has 3 rings (SSSR count). The predicted molar refractivity (Wildman–Crippen MR) is 79.2 cm³/mol. The molecule has 1 aromatic rings. The molecule has 0 bridgehead atoms. The van der Waals surface area contributed by atoms with Crippen LogP contribution in [0.2, 0.25) is 0 Å². The number of anilines is 1. The van der Waals surface area contributed by atoms with Crippen molar-refractivity contribution >= 4 is 11.8 Å². The van der Waals surface area contributed by atoms with E-state index in [2.05, 4.69) is 31.3 Å². The lowest BCUT2D eigenvalue weighted by Crippen LogP contribution is -2.44. The number of carbonyl (C=O) groups excluding carboxylic acids is 1. The van der Waals surface area contributed by atoms with E-state index in [1.165, 1.54) is 5.56 Å². The van der Waals surface area contributed by atoms with Crippen molar-refractivity contribution in [3.05, 3.63) is 29.8 Å². The minimum Gasteiger partial charge on any atom is -0.441 e. The fourth-order valence-corrected chi connectivity index (χ4v) is 3.00. The molecule has 1 spiro atoms. The minimum atomic E-state index is -0.279. The monoisotopic (exact) mass is 274 g/mol. The first-order valence-electron chi connectivity index (χ1n) is 7.41. The summed E-state index contributed by atoms with van der Waals surface area (Å²) in [6, 6.07) is 8.24. The number of benzene rings is 1. The zero-order chi connectivity index (χ0) is 14.2. The number of piperidine rings is 1. The second-order valence-corrected chi connectivity index (χ2v) is 6.13. The molecule has 2 fully saturated rings. The third-order valence-electron chi connectivity index (χ3n) is 4.36. The Labute approximate surface area is 120 Å². The van der Waals surface area contributed by atoms with Crippen LogP contribution in [-0.2, 0) is 4.74 Å². The van der Waals surface area contributed by atoms with Crippen molar-refractivity contribution in [3.63, 3.8) is 0 Å². The Kier molecular flexibility index (Phi) is 3.42. The Balaban J connectivity index is 1.78. The highest BCUT2D eigenvalue weighted by Crippen LogP contribution is 2.34. The fraction of sp³-hybridized carbons (Fsp3) is 0.562. The van der Waals surface area contributed by atoms with Gasteiger partial charge in [-0.2, -0.15) is 0 Å². The van der Waals surface area contributed by atoms with Gasteiger partial charge in [-0.05, 0) is 36.7 Å². The second-order valence-electron chi connectivity index (χ2n) is 6.13. The van der Waals surface area contributed by atoms with Gasteiger partial charge >= 0.3 is 6.09 Å². The number of ether oxygens (including phenoxy) is 1. The quantitative estimate of drug-likeness (QED) is 0.901. The lowest BCUT2D eigenvalue weighted by atomic mass is 9.92. The van der Waals surface area contributed by atoms with Crippen molar-refractivity contribution in [3.8, 4) is 0 Å². The van der Waals surface area contributed by atoms with Gasteiger partial charge in [0.25, 0.3) is 0 Å². The molecule has 0 unspecified atom stereocenters. The summed E-state index contributed by atoms with van der Waals surface area (Å²) in [7, 11) is 0. The molecule has 4 heteroatoms. The van der Waals surface area contributed by atoms with Crippen molar-refractivity contribution in [1.29, 1.82) is 0 Å². The van der Waals surface area contributed by atoms with Crippen LogP contribution in [0, 0.1) is 0 Å². The number of rotatable bonds is 2. The van der Waals surface area contributed by atoms with Gasteiger partial charge in [-0.1, -0.05) is 26.0 Å². The standard InChI is InChI=1S/C16H22N2O2/c1-12(2)13-3-5-14(6-4-13)18-11-16(20-15(18)19)7-9-17-10-8-16/h3-6,12,17H,7-11H2,1-2H3. The van der Waals surface area contributed by atoms with E-state index in [4.69, 9.17) is 4.74 Å². The van der Waals surface area contributed by atoms with E-state index in [1.54, 1.807) is 4.90 Å². The Hall–Kier alpha value is -1.55. The van der Waals surface area contributed by atoms with E-state index in [-0.39, 0.29) is 11.7 Å². The molecule has 0 atom stereocenters. The molecule has 0 aliphatic carbocycles. The molecular formula is C16H22N2O2. The highest BCUT2D eigenvalue weighted by molar-refractivity contribution is 5.90. The number of nitrogens with zero attached hydrogens (tertiary/aromatic N) is 1. The number of amides is 1. The number of carbonyl (C=O) groups is 1. The summed E-state index contributed by atoms with van der Waals surface area (Å²) in [5, 5.41) is 3.32. The Morgan fingerprint density at radius 2 is 1.85 bits per heavy atom. The number of nitrogens with one attached hydrogen (secondary N) is 1. The molecule has 1 amide bonds. The van der Waals surface area contributed by atoms with Crippen molar-refractivity contribution in [1.82, 2.24) is 5.32 Å².